The van der Waals surface area contributed by atoms with E-state index >= 15 is 0 Å². The predicted octanol–water partition coefficient (Wildman–Crippen LogP) is 2.73. The highest BCUT2D eigenvalue weighted by Crippen LogP contribution is 2.30. The summed E-state index contributed by atoms with van der Waals surface area (Å²) in [5.41, 5.74) is 0. The average Bonchev–Trinajstić information content (AvgIpc) is 3.06. The Morgan fingerprint density at radius 2 is 2.30 bits per heavy atom. The molecule has 2 N–H and O–H groups in total. The SMILES string of the molecule is Cc1ccc(CNC2CCCC2C2COCCN2)s1.Cl. The number of rotatable bonds is 4. The zero-order valence-electron chi connectivity index (χ0n) is 12.1. The van der Waals surface area contributed by atoms with E-state index in [1.165, 1.54) is 29.0 Å². The molecule has 0 aromatic carbocycles. The summed E-state index contributed by atoms with van der Waals surface area (Å²) >= 11 is 1.91. The molecule has 20 heavy (non-hydrogen) atoms. The number of nitrogens with one attached hydrogen (secondary N) is 2. The van der Waals surface area contributed by atoms with Gasteiger partial charge < -0.3 is 15.4 Å². The maximum Gasteiger partial charge on any atom is 0.0623 e. The highest BCUT2D eigenvalue weighted by Gasteiger charge is 2.34. The Morgan fingerprint density at radius 1 is 1.40 bits per heavy atom. The Bertz CT molecular complexity index is 406. The normalized spacial score (nSPS) is 30.1. The smallest absolute Gasteiger partial charge is 0.0623 e. The topological polar surface area (TPSA) is 33.3 Å². The Balaban J connectivity index is 0.00000147. The zero-order chi connectivity index (χ0) is 13.1. The standard InChI is InChI=1S/C15H24N2OS.ClH/c1-11-5-6-12(19-11)9-17-14-4-2-3-13(14)15-10-18-8-7-16-15;/h5-6,13-17H,2-4,7-10H2,1H3;1H. The molecule has 2 aliphatic rings. The molecule has 114 valence electrons. The lowest BCUT2D eigenvalue weighted by molar-refractivity contribution is 0.0524. The van der Waals surface area contributed by atoms with Crippen LogP contribution in [0.4, 0.5) is 0 Å². The summed E-state index contributed by atoms with van der Waals surface area (Å²) in [5.74, 6) is 0.737. The zero-order valence-corrected chi connectivity index (χ0v) is 13.7. The van der Waals surface area contributed by atoms with Crippen LogP contribution < -0.4 is 10.6 Å². The molecule has 1 aliphatic heterocycles. The molecule has 0 spiro atoms. The minimum absolute atomic E-state index is 0. The van der Waals surface area contributed by atoms with Crippen molar-refractivity contribution in [2.45, 2.75) is 44.8 Å². The van der Waals surface area contributed by atoms with Gasteiger partial charge in [0, 0.05) is 34.9 Å². The van der Waals surface area contributed by atoms with Crippen LogP contribution in [0.15, 0.2) is 12.1 Å². The minimum atomic E-state index is 0. The van der Waals surface area contributed by atoms with Crippen molar-refractivity contribution in [1.29, 1.82) is 0 Å². The van der Waals surface area contributed by atoms with Crippen LogP contribution in [0, 0.1) is 12.8 Å². The third-order valence-corrected chi connectivity index (χ3v) is 5.37. The molecular formula is C15H25ClN2OS. The van der Waals surface area contributed by atoms with Crippen LogP contribution in [-0.2, 0) is 11.3 Å². The second-order valence-corrected chi connectivity index (χ2v) is 7.10. The maximum atomic E-state index is 5.62. The molecule has 3 atom stereocenters. The van der Waals surface area contributed by atoms with Gasteiger partial charge in [-0.2, -0.15) is 0 Å². The first-order chi connectivity index (χ1) is 9.33. The molecule has 3 unspecified atom stereocenters. The van der Waals surface area contributed by atoms with Gasteiger partial charge in [-0.15, -0.1) is 23.7 Å². The van der Waals surface area contributed by atoms with Crippen molar-refractivity contribution in [3.05, 3.63) is 21.9 Å². The van der Waals surface area contributed by atoms with E-state index in [1.807, 2.05) is 11.3 Å². The minimum Gasteiger partial charge on any atom is -0.379 e. The largest absolute Gasteiger partial charge is 0.379 e. The quantitative estimate of drug-likeness (QED) is 0.896. The second-order valence-electron chi connectivity index (χ2n) is 5.73. The van der Waals surface area contributed by atoms with Gasteiger partial charge in [0.25, 0.3) is 0 Å². The molecule has 2 fully saturated rings. The van der Waals surface area contributed by atoms with Crippen molar-refractivity contribution in [2.24, 2.45) is 5.92 Å². The first-order valence-electron chi connectivity index (χ1n) is 7.43. The van der Waals surface area contributed by atoms with E-state index in [2.05, 4.69) is 29.7 Å². The van der Waals surface area contributed by atoms with Gasteiger partial charge in [0.2, 0.25) is 0 Å². The molecule has 3 nitrogen and oxygen atoms in total. The van der Waals surface area contributed by atoms with Gasteiger partial charge in [-0.3, -0.25) is 0 Å². The summed E-state index contributed by atoms with van der Waals surface area (Å²) in [6.45, 7) is 5.97. The molecule has 0 amide bonds. The van der Waals surface area contributed by atoms with Crippen LogP contribution in [0.5, 0.6) is 0 Å². The molecule has 1 aromatic heterocycles. The van der Waals surface area contributed by atoms with Gasteiger partial charge >= 0.3 is 0 Å². The average molecular weight is 317 g/mol. The van der Waals surface area contributed by atoms with Crippen LogP contribution in [0.2, 0.25) is 0 Å². The highest BCUT2D eigenvalue weighted by molar-refractivity contribution is 7.11. The van der Waals surface area contributed by atoms with Crippen molar-refractivity contribution in [2.75, 3.05) is 19.8 Å². The van der Waals surface area contributed by atoms with Gasteiger partial charge in [0.15, 0.2) is 0 Å². The van der Waals surface area contributed by atoms with Crippen molar-refractivity contribution in [3.63, 3.8) is 0 Å². The van der Waals surface area contributed by atoms with Crippen molar-refractivity contribution in [1.82, 2.24) is 10.6 Å². The Hall–Kier alpha value is -0.130. The number of aryl methyl sites for hydroxylation is 1. The first-order valence-corrected chi connectivity index (χ1v) is 8.24. The van der Waals surface area contributed by atoms with Crippen LogP contribution in [0.25, 0.3) is 0 Å². The molecule has 5 heteroatoms. The lowest BCUT2D eigenvalue weighted by Gasteiger charge is -2.33. The van der Waals surface area contributed by atoms with Crippen molar-refractivity contribution in [3.8, 4) is 0 Å². The number of thiophene rings is 1. The van der Waals surface area contributed by atoms with Crippen molar-refractivity contribution < 1.29 is 4.74 Å². The summed E-state index contributed by atoms with van der Waals surface area (Å²) in [4.78, 5) is 2.86. The molecule has 2 heterocycles. The Labute approximate surface area is 131 Å². The highest BCUT2D eigenvalue weighted by atomic mass is 35.5. The number of hydrogen-bond acceptors (Lipinski definition) is 4. The monoisotopic (exact) mass is 316 g/mol. The number of hydrogen-bond donors (Lipinski definition) is 2. The molecule has 3 rings (SSSR count). The van der Waals surface area contributed by atoms with Gasteiger partial charge in [0.05, 0.1) is 13.2 Å². The van der Waals surface area contributed by atoms with E-state index in [9.17, 15) is 0 Å². The molecule has 0 bridgehead atoms. The lowest BCUT2D eigenvalue weighted by atomic mass is 9.94. The Kier molecular flexibility index (Phi) is 6.30. The van der Waals surface area contributed by atoms with E-state index < -0.39 is 0 Å². The number of morpholine rings is 1. The molecule has 0 radical (unpaired) electrons. The molecular weight excluding hydrogens is 292 g/mol. The van der Waals surface area contributed by atoms with E-state index in [4.69, 9.17) is 4.74 Å². The molecule has 1 aromatic rings. The van der Waals surface area contributed by atoms with Gasteiger partial charge in [-0.1, -0.05) is 6.42 Å². The maximum absolute atomic E-state index is 5.62. The predicted molar refractivity (Wildman–Crippen MR) is 86.9 cm³/mol. The summed E-state index contributed by atoms with van der Waals surface area (Å²) in [6.07, 6.45) is 4.00. The molecule has 1 saturated heterocycles. The van der Waals surface area contributed by atoms with Gasteiger partial charge in [0.1, 0.15) is 0 Å². The fraction of sp³-hybridized carbons (Fsp3) is 0.733. The fourth-order valence-corrected chi connectivity index (χ4v) is 4.24. The van der Waals surface area contributed by atoms with E-state index in [1.54, 1.807) is 0 Å². The van der Waals surface area contributed by atoms with E-state index in [-0.39, 0.29) is 12.4 Å². The third-order valence-electron chi connectivity index (χ3n) is 4.37. The van der Waals surface area contributed by atoms with Crippen LogP contribution in [-0.4, -0.2) is 31.8 Å². The number of ether oxygens (including phenoxy) is 1. The molecule has 1 aliphatic carbocycles. The summed E-state index contributed by atoms with van der Waals surface area (Å²) < 4.78 is 5.62. The van der Waals surface area contributed by atoms with Gasteiger partial charge in [-0.25, -0.2) is 0 Å². The van der Waals surface area contributed by atoms with E-state index in [0.29, 0.717) is 12.1 Å². The van der Waals surface area contributed by atoms with Crippen LogP contribution in [0.1, 0.15) is 29.0 Å². The second kappa shape index (κ2) is 7.76. The van der Waals surface area contributed by atoms with Gasteiger partial charge in [-0.05, 0) is 37.8 Å². The summed E-state index contributed by atoms with van der Waals surface area (Å²) in [6, 6.07) is 5.67. The third kappa shape index (κ3) is 3.95. The number of halogens is 1. The summed E-state index contributed by atoms with van der Waals surface area (Å²) in [7, 11) is 0. The van der Waals surface area contributed by atoms with E-state index in [0.717, 1.165) is 32.2 Å². The Morgan fingerprint density at radius 3 is 3.00 bits per heavy atom. The fourth-order valence-electron chi connectivity index (χ4n) is 3.40. The lowest BCUT2D eigenvalue weighted by Crippen LogP contribution is -2.50. The van der Waals surface area contributed by atoms with Crippen molar-refractivity contribution >= 4 is 23.7 Å². The van der Waals surface area contributed by atoms with Crippen LogP contribution in [0.3, 0.4) is 0 Å². The van der Waals surface area contributed by atoms with Crippen LogP contribution >= 0.6 is 23.7 Å². The summed E-state index contributed by atoms with van der Waals surface area (Å²) in [5, 5.41) is 7.40. The molecule has 1 saturated carbocycles. The first kappa shape index (κ1) is 16.2.